The summed E-state index contributed by atoms with van der Waals surface area (Å²) in [6, 6.07) is 2.04. The fourth-order valence-electron chi connectivity index (χ4n) is 3.53. The van der Waals surface area contributed by atoms with E-state index in [4.69, 9.17) is 4.74 Å². The molecular weight excluding hydrogens is 395 g/mol. The molecule has 2 nitrogen and oxygen atoms in total. The lowest BCUT2D eigenvalue weighted by atomic mass is 9.70. The summed E-state index contributed by atoms with van der Waals surface area (Å²) in [5, 5.41) is 9.27. The maximum absolute atomic E-state index is 14.2. The molecule has 0 aromatic heterocycles. The third-order valence-corrected chi connectivity index (χ3v) is 5.82. The molecule has 0 saturated carbocycles. The SMILES string of the molecule is CCCOc1c(C(C)=C(F)CO)cc2c(c1Br)C(C)(C)CC=C2C(C)C. The molecule has 0 amide bonds. The maximum atomic E-state index is 14.2. The van der Waals surface area contributed by atoms with Gasteiger partial charge < -0.3 is 9.84 Å². The van der Waals surface area contributed by atoms with Gasteiger partial charge in [0.05, 0.1) is 17.7 Å². The van der Waals surface area contributed by atoms with Crippen molar-refractivity contribution in [2.75, 3.05) is 13.2 Å². The van der Waals surface area contributed by atoms with Gasteiger partial charge >= 0.3 is 0 Å². The van der Waals surface area contributed by atoms with Crippen molar-refractivity contribution in [1.82, 2.24) is 0 Å². The molecule has 0 radical (unpaired) electrons. The Labute approximate surface area is 165 Å². The molecule has 26 heavy (non-hydrogen) atoms. The summed E-state index contributed by atoms with van der Waals surface area (Å²) in [6.07, 6.45) is 4.13. The van der Waals surface area contributed by atoms with Crippen LogP contribution in [-0.2, 0) is 5.41 Å². The van der Waals surface area contributed by atoms with Crippen LogP contribution in [-0.4, -0.2) is 18.3 Å². The number of hydrogen-bond acceptors (Lipinski definition) is 2. The van der Waals surface area contributed by atoms with Crippen LogP contribution in [0.15, 0.2) is 22.4 Å². The van der Waals surface area contributed by atoms with E-state index in [0.29, 0.717) is 29.4 Å². The molecule has 0 heterocycles. The lowest BCUT2D eigenvalue weighted by molar-refractivity contribution is 0.298. The standard InChI is InChI=1S/C22H30BrFO2/c1-7-10-26-21-16(14(4)18(24)12-25)11-17-15(13(2)3)8-9-22(5,6)19(17)20(21)23/h8,11,13,25H,7,9-10,12H2,1-6H3. The van der Waals surface area contributed by atoms with Crippen LogP contribution >= 0.6 is 15.9 Å². The van der Waals surface area contributed by atoms with Crippen molar-refractivity contribution in [3.63, 3.8) is 0 Å². The Morgan fingerprint density at radius 3 is 2.58 bits per heavy atom. The highest BCUT2D eigenvalue weighted by Crippen LogP contribution is 2.50. The van der Waals surface area contributed by atoms with E-state index >= 15 is 0 Å². The number of halogens is 2. The van der Waals surface area contributed by atoms with Gasteiger partial charge in [-0.05, 0) is 75.4 Å². The van der Waals surface area contributed by atoms with Gasteiger partial charge in [0, 0.05) is 5.56 Å². The Morgan fingerprint density at radius 2 is 2.04 bits per heavy atom. The fraction of sp³-hybridized carbons (Fsp3) is 0.545. The minimum absolute atomic E-state index is 0.0391. The number of aliphatic hydroxyl groups excluding tert-OH is 1. The van der Waals surface area contributed by atoms with Gasteiger partial charge in [-0.25, -0.2) is 4.39 Å². The van der Waals surface area contributed by atoms with E-state index in [0.717, 1.165) is 22.9 Å². The third-order valence-electron chi connectivity index (χ3n) is 5.06. The fourth-order valence-corrected chi connectivity index (χ4v) is 4.61. The van der Waals surface area contributed by atoms with E-state index in [2.05, 4.69) is 49.7 Å². The topological polar surface area (TPSA) is 29.5 Å². The Morgan fingerprint density at radius 1 is 1.38 bits per heavy atom. The molecular formula is C22H30BrFO2. The predicted octanol–water partition coefficient (Wildman–Crippen LogP) is 6.65. The van der Waals surface area contributed by atoms with Crippen LogP contribution in [0.4, 0.5) is 4.39 Å². The zero-order valence-corrected chi connectivity index (χ0v) is 18.3. The summed E-state index contributed by atoms with van der Waals surface area (Å²) in [4.78, 5) is 0. The van der Waals surface area contributed by atoms with Gasteiger partial charge in [-0.1, -0.05) is 40.7 Å². The van der Waals surface area contributed by atoms with Crippen LogP contribution in [0.25, 0.3) is 11.1 Å². The first-order valence-corrected chi connectivity index (χ1v) is 10.1. The lowest BCUT2D eigenvalue weighted by Gasteiger charge is -2.36. The van der Waals surface area contributed by atoms with Crippen LogP contribution < -0.4 is 4.74 Å². The van der Waals surface area contributed by atoms with Crippen molar-refractivity contribution in [3.8, 4) is 5.75 Å². The van der Waals surface area contributed by atoms with E-state index < -0.39 is 12.4 Å². The van der Waals surface area contributed by atoms with Crippen molar-refractivity contribution in [2.45, 2.75) is 59.8 Å². The second-order valence-corrected chi connectivity index (χ2v) is 8.72. The van der Waals surface area contributed by atoms with Crippen molar-refractivity contribution < 1.29 is 14.2 Å². The maximum Gasteiger partial charge on any atom is 0.141 e. The predicted molar refractivity (Wildman–Crippen MR) is 111 cm³/mol. The van der Waals surface area contributed by atoms with E-state index in [1.807, 2.05) is 13.0 Å². The number of aliphatic hydroxyl groups is 1. The molecule has 0 saturated heterocycles. The quantitative estimate of drug-likeness (QED) is 0.553. The molecule has 2 rings (SSSR count). The van der Waals surface area contributed by atoms with Gasteiger partial charge in [0.2, 0.25) is 0 Å². The molecule has 1 aliphatic rings. The Balaban J connectivity index is 2.84. The number of rotatable bonds is 6. The summed E-state index contributed by atoms with van der Waals surface area (Å²) in [6.45, 7) is 12.5. The molecule has 0 bridgehead atoms. The normalized spacial score (nSPS) is 16.9. The van der Waals surface area contributed by atoms with Crippen molar-refractivity contribution in [2.24, 2.45) is 5.92 Å². The Bertz CT molecular complexity index is 745. The molecule has 1 N–H and O–H groups in total. The van der Waals surface area contributed by atoms with Gasteiger partial charge in [0.25, 0.3) is 0 Å². The number of allylic oxidation sites excluding steroid dienone is 3. The average molecular weight is 425 g/mol. The third kappa shape index (κ3) is 3.91. The molecule has 0 aliphatic heterocycles. The Hall–Kier alpha value is -1.13. The summed E-state index contributed by atoms with van der Waals surface area (Å²) in [5.74, 6) is 0.520. The zero-order chi connectivity index (χ0) is 19.6. The lowest BCUT2D eigenvalue weighted by Crippen LogP contribution is -2.24. The van der Waals surface area contributed by atoms with Crippen molar-refractivity contribution in [1.29, 1.82) is 0 Å². The summed E-state index contributed by atoms with van der Waals surface area (Å²) in [5.41, 5.74) is 4.74. The molecule has 0 unspecified atom stereocenters. The number of hydrogen-bond donors (Lipinski definition) is 1. The van der Waals surface area contributed by atoms with Crippen LogP contribution in [0.1, 0.15) is 71.1 Å². The summed E-state index contributed by atoms with van der Waals surface area (Å²) >= 11 is 3.78. The van der Waals surface area contributed by atoms with Gasteiger partial charge in [0.1, 0.15) is 11.6 Å². The van der Waals surface area contributed by atoms with E-state index in [-0.39, 0.29) is 5.41 Å². The summed E-state index contributed by atoms with van der Waals surface area (Å²) in [7, 11) is 0. The zero-order valence-electron chi connectivity index (χ0n) is 16.7. The van der Waals surface area contributed by atoms with Crippen LogP contribution in [0.5, 0.6) is 5.75 Å². The minimum atomic E-state index is -0.605. The highest BCUT2D eigenvalue weighted by atomic mass is 79.9. The van der Waals surface area contributed by atoms with Gasteiger partial charge in [-0.2, -0.15) is 0 Å². The highest BCUT2D eigenvalue weighted by Gasteiger charge is 2.34. The minimum Gasteiger partial charge on any atom is -0.492 e. The van der Waals surface area contributed by atoms with Gasteiger partial charge in [-0.15, -0.1) is 0 Å². The molecule has 0 spiro atoms. The molecule has 0 fully saturated rings. The summed E-state index contributed by atoms with van der Waals surface area (Å²) < 4.78 is 21.2. The monoisotopic (exact) mass is 424 g/mol. The number of fused-ring (bicyclic) bond motifs is 1. The van der Waals surface area contributed by atoms with Crippen LogP contribution in [0.2, 0.25) is 0 Å². The van der Waals surface area contributed by atoms with Crippen molar-refractivity contribution in [3.05, 3.63) is 39.1 Å². The Kier molecular flexibility index (Phi) is 6.73. The second-order valence-electron chi connectivity index (χ2n) is 7.93. The van der Waals surface area contributed by atoms with E-state index in [9.17, 15) is 9.50 Å². The van der Waals surface area contributed by atoms with Gasteiger partial charge in [0.15, 0.2) is 0 Å². The number of ether oxygens (including phenoxy) is 1. The molecule has 0 atom stereocenters. The first-order chi connectivity index (χ1) is 12.2. The highest BCUT2D eigenvalue weighted by molar-refractivity contribution is 9.10. The molecule has 4 heteroatoms. The average Bonchev–Trinajstić information content (AvgIpc) is 2.58. The molecule has 1 aliphatic carbocycles. The first-order valence-electron chi connectivity index (χ1n) is 9.32. The molecule has 1 aromatic rings. The van der Waals surface area contributed by atoms with Gasteiger partial charge in [-0.3, -0.25) is 0 Å². The van der Waals surface area contributed by atoms with Crippen molar-refractivity contribution >= 4 is 27.1 Å². The number of benzene rings is 1. The second kappa shape index (κ2) is 8.26. The smallest absolute Gasteiger partial charge is 0.141 e. The van der Waals surface area contributed by atoms with E-state index in [1.54, 1.807) is 6.92 Å². The molecule has 144 valence electrons. The van der Waals surface area contributed by atoms with Crippen LogP contribution in [0, 0.1) is 5.92 Å². The van der Waals surface area contributed by atoms with Crippen LogP contribution in [0.3, 0.4) is 0 Å². The first kappa shape index (κ1) is 21.2. The molecule has 1 aromatic carbocycles. The van der Waals surface area contributed by atoms with E-state index in [1.165, 1.54) is 11.1 Å². The largest absolute Gasteiger partial charge is 0.492 e.